The Morgan fingerprint density at radius 1 is 1.06 bits per heavy atom. The van der Waals surface area contributed by atoms with Crippen molar-refractivity contribution in [3.63, 3.8) is 0 Å². The highest BCUT2D eigenvalue weighted by Crippen LogP contribution is 2.24. The summed E-state index contributed by atoms with van der Waals surface area (Å²) >= 11 is 0. The maximum Gasteiger partial charge on any atom is 0.325 e. The van der Waals surface area contributed by atoms with Gasteiger partial charge >= 0.3 is 6.03 Å². The van der Waals surface area contributed by atoms with Gasteiger partial charge in [0.1, 0.15) is 17.8 Å². The molecule has 1 atom stereocenters. The summed E-state index contributed by atoms with van der Waals surface area (Å²) in [6.45, 7) is 4.26. The second-order valence-corrected chi connectivity index (χ2v) is 7.90. The predicted octanol–water partition coefficient (Wildman–Crippen LogP) is 2.99. The molecule has 2 aromatic rings. The first kappa shape index (κ1) is 22.3. The lowest BCUT2D eigenvalue weighted by Crippen LogP contribution is -2.46. The van der Waals surface area contributed by atoms with Crippen LogP contribution < -0.4 is 10.1 Å². The predicted molar refractivity (Wildman–Crippen MR) is 117 cm³/mol. The van der Waals surface area contributed by atoms with Gasteiger partial charge in [0.2, 0.25) is 5.91 Å². The lowest BCUT2D eigenvalue weighted by Gasteiger charge is -2.24. The molecule has 1 aliphatic heterocycles. The van der Waals surface area contributed by atoms with E-state index in [0.717, 1.165) is 21.8 Å². The highest BCUT2D eigenvalue weighted by Gasteiger charge is 2.48. The SMILES string of the molecule is CCN(Cc1ccccc1)C(=O)CN1C(=O)N[C@](C)(CCc2ccc(OC)cc2)C1=O. The van der Waals surface area contributed by atoms with Gasteiger partial charge < -0.3 is 15.0 Å². The van der Waals surface area contributed by atoms with E-state index in [-0.39, 0.29) is 18.4 Å². The molecule has 7 heteroatoms. The maximum absolute atomic E-state index is 13.0. The van der Waals surface area contributed by atoms with Crippen LogP contribution in [-0.4, -0.2) is 53.4 Å². The van der Waals surface area contributed by atoms with E-state index in [4.69, 9.17) is 4.74 Å². The highest BCUT2D eigenvalue weighted by molar-refractivity contribution is 6.08. The van der Waals surface area contributed by atoms with Crippen LogP contribution in [0.4, 0.5) is 4.79 Å². The van der Waals surface area contributed by atoms with Gasteiger partial charge in [-0.25, -0.2) is 4.79 Å². The Balaban J connectivity index is 1.62. The van der Waals surface area contributed by atoms with E-state index in [2.05, 4.69) is 5.32 Å². The maximum atomic E-state index is 13.0. The van der Waals surface area contributed by atoms with E-state index in [1.54, 1.807) is 18.9 Å². The first-order chi connectivity index (χ1) is 14.9. The molecular weight excluding hydrogens is 394 g/mol. The number of hydrogen-bond donors (Lipinski definition) is 1. The molecule has 4 amide bonds. The minimum absolute atomic E-state index is 0.255. The van der Waals surface area contributed by atoms with Crippen molar-refractivity contribution in [2.75, 3.05) is 20.2 Å². The molecule has 7 nitrogen and oxygen atoms in total. The van der Waals surface area contributed by atoms with Crippen LogP contribution >= 0.6 is 0 Å². The zero-order valence-corrected chi connectivity index (χ0v) is 18.3. The van der Waals surface area contributed by atoms with Gasteiger partial charge in [0.15, 0.2) is 0 Å². The van der Waals surface area contributed by atoms with Gasteiger partial charge in [0, 0.05) is 13.1 Å². The fraction of sp³-hybridized carbons (Fsp3) is 0.375. The molecule has 1 fully saturated rings. The van der Waals surface area contributed by atoms with Gasteiger partial charge in [-0.1, -0.05) is 42.5 Å². The first-order valence-electron chi connectivity index (χ1n) is 10.4. The number of likely N-dealkylation sites (N-methyl/N-ethyl adjacent to an activating group) is 1. The number of imide groups is 1. The number of ether oxygens (including phenoxy) is 1. The van der Waals surface area contributed by atoms with Gasteiger partial charge in [0.05, 0.1) is 7.11 Å². The number of hydrogen-bond acceptors (Lipinski definition) is 4. The van der Waals surface area contributed by atoms with Gasteiger partial charge in [-0.05, 0) is 49.9 Å². The molecule has 0 spiro atoms. The molecule has 0 aliphatic carbocycles. The second-order valence-electron chi connectivity index (χ2n) is 7.90. The zero-order valence-electron chi connectivity index (χ0n) is 18.3. The molecule has 3 rings (SSSR count). The Morgan fingerprint density at radius 2 is 1.74 bits per heavy atom. The summed E-state index contributed by atoms with van der Waals surface area (Å²) in [4.78, 5) is 41.0. The minimum atomic E-state index is -1.03. The van der Waals surface area contributed by atoms with Crippen LogP contribution in [0.25, 0.3) is 0 Å². The Kier molecular flexibility index (Phi) is 6.95. The number of nitrogens with zero attached hydrogens (tertiary/aromatic N) is 2. The van der Waals surface area contributed by atoms with Gasteiger partial charge in [-0.15, -0.1) is 0 Å². The van der Waals surface area contributed by atoms with E-state index in [0.29, 0.717) is 25.9 Å². The summed E-state index contributed by atoms with van der Waals surface area (Å²) in [6, 6.07) is 16.7. The van der Waals surface area contributed by atoms with Crippen molar-refractivity contribution >= 4 is 17.8 Å². The van der Waals surface area contributed by atoms with Crippen molar-refractivity contribution < 1.29 is 19.1 Å². The monoisotopic (exact) mass is 423 g/mol. The van der Waals surface area contributed by atoms with Crippen LogP contribution in [0.3, 0.4) is 0 Å². The van der Waals surface area contributed by atoms with E-state index >= 15 is 0 Å². The average Bonchev–Trinajstić information content (AvgIpc) is 3.00. The molecule has 1 N–H and O–H groups in total. The molecule has 1 heterocycles. The molecular formula is C24H29N3O4. The third kappa shape index (κ3) is 5.23. The van der Waals surface area contributed by atoms with Crippen LogP contribution in [0.2, 0.25) is 0 Å². The number of benzene rings is 2. The second kappa shape index (κ2) is 9.64. The summed E-state index contributed by atoms with van der Waals surface area (Å²) < 4.78 is 5.16. The van der Waals surface area contributed by atoms with Crippen molar-refractivity contribution in [3.8, 4) is 5.75 Å². The lowest BCUT2D eigenvalue weighted by molar-refractivity contribution is -0.139. The summed E-state index contributed by atoms with van der Waals surface area (Å²) in [5.74, 6) is 0.144. The summed E-state index contributed by atoms with van der Waals surface area (Å²) in [6.07, 6.45) is 1.06. The number of methoxy groups -OCH3 is 1. The molecule has 0 bridgehead atoms. The van der Waals surface area contributed by atoms with Crippen LogP contribution in [0.5, 0.6) is 5.75 Å². The first-order valence-corrected chi connectivity index (χ1v) is 10.4. The number of carbonyl (C=O) groups excluding carboxylic acids is 3. The zero-order chi connectivity index (χ0) is 22.4. The van der Waals surface area contributed by atoms with Crippen LogP contribution in [0.1, 0.15) is 31.4 Å². The fourth-order valence-electron chi connectivity index (χ4n) is 3.66. The Labute approximate surface area is 183 Å². The Morgan fingerprint density at radius 3 is 2.35 bits per heavy atom. The van der Waals surface area contributed by atoms with E-state index in [1.807, 2.05) is 61.5 Å². The van der Waals surface area contributed by atoms with Crippen molar-refractivity contribution in [3.05, 3.63) is 65.7 Å². The molecule has 31 heavy (non-hydrogen) atoms. The standard InChI is InChI=1S/C24H29N3O4/c1-4-26(16-19-8-6-5-7-9-19)21(28)17-27-22(29)24(2,25-23(27)30)15-14-18-10-12-20(31-3)13-11-18/h5-13H,4,14-17H2,1-3H3,(H,25,30)/t24-/m1/s1. The molecule has 1 aliphatic rings. The van der Waals surface area contributed by atoms with E-state index in [1.165, 1.54) is 0 Å². The quantitative estimate of drug-likeness (QED) is 0.629. The van der Waals surface area contributed by atoms with Gasteiger partial charge in [-0.2, -0.15) is 0 Å². The third-order valence-corrected chi connectivity index (χ3v) is 5.66. The summed E-state index contributed by atoms with van der Waals surface area (Å²) in [7, 11) is 1.61. The molecule has 164 valence electrons. The molecule has 0 aromatic heterocycles. The third-order valence-electron chi connectivity index (χ3n) is 5.66. The number of nitrogens with one attached hydrogen (secondary N) is 1. The largest absolute Gasteiger partial charge is 0.497 e. The number of rotatable bonds is 9. The van der Waals surface area contributed by atoms with Crippen molar-refractivity contribution in [2.45, 2.75) is 38.8 Å². The van der Waals surface area contributed by atoms with Crippen molar-refractivity contribution in [1.29, 1.82) is 0 Å². The molecule has 0 unspecified atom stereocenters. The number of carbonyl (C=O) groups is 3. The number of urea groups is 1. The van der Waals surface area contributed by atoms with E-state index in [9.17, 15) is 14.4 Å². The number of amides is 4. The Hall–Kier alpha value is -3.35. The van der Waals surface area contributed by atoms with Crippen molar-refractivity contribution in [2.24, 2.45) is 0 Å². The van der Waals surface area contributed by atoms with Crippen LogP contribution in [0.15, 0.2) is 54.6 Å². The fourth-order valence-corrected chi connectivity index (χ4v) is 3.66. The number of aryl methyl sites for hydroxylation is 1. The topological polar surface area (TPSA) is 79.0 Å². The smallest absolute Gasteiger partial charge is 0.325 e. The summed E-state index contributed by atoms with van der Waals surface area (Å²) in [5, 5.41) is 2.78. The molecule has 1 saturated heterocycles. The highest BCUT2D eigenvalue weighted by atomic mass is 16.5. The molecule has 0 saturated carbocycles. The molecule has 0 radical (unpaired) electrons. The summed E-state index contributed by atoms with van der Waals surface area (Å²) in [5.41, 5.74) is 1.01. The van der Waals surface area contributed by atoms with Gasteiger partial charge in [0.25, 0.3) is 5.91 Å². The lowest BCUT2D eigenvalue weighted by atomic mass is 9.93. The van der Waals surface area contributed by atoms with E-state index < -0.39 is 11.6 Å². The normalized spacial score (nSPS) is 18.1. The van der Waals surface area contributed by atoms with Crippen LogP contribution in [-0.2, 0) is 22.6 Å². The van der Waals surface area contributed by atoms with Crippen LogP contribution in [0, 0.1) is 0 Å². The van der Waals surface area contributed by atoms with Gasteiger partial charge in [-0.3, -0.25) is 14.5 Å². The Bertz CT molecular complexity index is 930. The minimum Gasteiger partial charge on any atom is -0.497 e. The average molecular weight is 424 g/mol. The van der Waals surface area contributed by atoms with Crippen molar-refractivity contribution in [1.82, 2.24) is 15.1 Å². The molecule has 2 aromatic carbocycles.